The number of carbonyl (C=O) groups excluding carboxylic acids is 2. The minimum Gasteiger partial charge on any atom is -0.497 e. The second kappa shape index (κ2) is 14.5. The summed E-state index contributed by atoms with van der Waals surface area (Å²) in [4.78, 5) is 23.7. The average Bonchev–Trinajstić information content (AvgIpc) is 2.72. The van der Waals surface area contributed by atoms with Gasteiger partial charge in [-0.15, -0.1) is 0 Å². The summed E-state index contributed by atoms with van der Waals surface area (Å²) >= 11 is 0. The number of methoxy groups -OCH3 is 1. The van der Waals surface area contributed by atoms with Crippen LogP contribution in [0, 0.1) is 5.92 Å². The van der Waals surface area contributed by atoms with E-state index in [2.05, 4.69) is 12.2 Å². The molecule has 2 atom stereocenters. The Kier molecular flexibility index (Phi) is 12.3. The third-order valence-electron chi connectivity index (χ3n) is 4.58. The highest BCUT2D eigenvalue weighted by Gasteiger charge is 2.21. The second-order valence-corrected chi connectivity index (χ2v) is 6.74. The van der Waals surface area contributed by atoms with E-state index in [-0.39, 0.29) is 23.9 Å². The van der Waals surface area contributed by atoms with E-state index in [1.54, 1.807) is 21.0 Å². The number of hydrogen-bond acceptors (Lipinski definition) is 6. The predicted molar refractivity (Wildman–Crippen MR) is 115 cm³/mol. The van der Waals surface area contributed by atoms with Gasteiger partial charge >= 0.3 is 11.9 Å². The normalized spacial score (nSPS) is 13.0. The summed E-state index contributed by atoms with van der Waals surface area (Å²) in [6.45, 7) is 6.44. The molecule has 29 heavy (non-hydrogen) atoms. The molecule has 6 nitrogen and oxygen atoms in total. The summed E-state index contributed by atoms with van der Waals surface area (Å²) in [6.07, 6.45) is 7.30. The van der Waals surface area contributed by atoms with Crippen LogP contribution < -0.4 is 10.1 Å². The number of rotatable bonds is 14. The van der Waals surface area contributed by atoms with Crippen LogP contribution in [-0.2, 0) is 19.1 Å². The number of esters is 2. The number of unbranched alkanes of at least 4 members (excludes halogenated alkanes) is 1. The molecule has 1 aromatic rings. The molecule has 162 valence electrons. The van der Waals surface area contributed by atoms with Crippen LogP contribution in [0.5, 0.6) is 5.75 Å². The Labute approximate surface area is 174 Å². The molecule has 1 aromatic carbocycles. The molecule has 0 aliphatic heterocycles. The van der Waals surface area contributed by atoms with E-state index in [4.69, 9.17) is 14.2 Å². The lowest BCUT2D eigenvalue weighted by atomic mass is 9.90. The highest BCUT2D eigenvalue weighted by atomic mass is 16.5. The van der Waals surface area contributed by atoms with Gasteiger partial charge in [-0.3, -0.25) is 4.79 Å². The molecule has 0 aromatic heterocycles. The van der Waals surface area contributed by atoms with Crippen molar-refractivity contribution in [3.05, 3.63) is 36.4 Å². The molecule has 0 aliphatic carbocycles. The van der Waals surface area contributed by atoms with Gasteiger partial charge in [-0.2, -0.15) is 0 Å². The van der Waals surface area contributed by atoms with Crippen molar-refractivity contribution in [1.29, 1.82) is 0 Å². The first-order valence-electron chi connectivity index (χ1n) is 10.4. The maximum Gasteiger partial charge on any atom is 0.330 e. The Morgan fingerprint density at radius 3 is 2.31 bits per heavy atom. The largest absolute Gasteiger partial charge is 0.497 e. The zero-order valence-electron chi connectivity index (χ0n) is 18.1. The monoisotopic (exact) mass is 405 g/mol. The first-order chi connectivity index (χ1) is 14.0. The van der Waals surface area contributed by atoms with Crippen molar-refractivity contribution in [2.45, 2.75) is 58.9 Å². The Hall–Kier alpha value is -2.50. The molecule has 1 N–H and O–H groups in total. The molecule has 0 unspecified atom stereocenters. The van der Waals surface area contributed by atoms with Gasteiger partial charge in [-0.25, -0.2) is 4.79 Å². The first kappa shape index (κ1) is 24.5. The van der Waals surface area contributed by atoms with Gasteiger partial charge in [0.1, 0.15) is 5.75 Å². The topological polar surface area (TPSA) is 73.9 Å². The molecule has 0 amide bonds. The van der Waals surface area contributed by atoms with Gasteiger partial charge in [0.15, 0.2) is 0 Å². The van der Waals surface area contributed by atoms with Crippen LogP contribution in [0.2, 0.25) is 0 Å². The van der Waals surface area contributed by atoms with Crippen LogP contribution >= 0.6 is 0 Å². The Balaban J connectivity index is 2.98. The predicted octanol–water partition coefficient (Wildman–Crippen LogP) is 4.74. The lowest BCUT2D eigenvalue weighted by Crippen LogP contribution is -2.29. The third-order valence-corrected chi connectivity index (χ3v) is 4.58. The summed E-state index contributed by atoms with van der Waals surface area (Å²) in [6, 6.07) is 7.65. The SMILES string of the molecule is CCCC[C@@H](/C=C/C(=O)OCC)[C@@H](CCC(=O)OCC)Nc1ccc(OC)cc1. The summed E-state index contributed by atoms with van der Waals surface area (Å²) in [5.74, 6) is 0.305. The van der Waals surface area contributed by atoms with Gasteiger partial charge in [-0.05, 0) is 56.9 Å². The van der Waals surface area contributed by atoms with Crippen molar-refractivity contribution in [3.63, 3.8) is 0 Å². The standard InChI is InChI=1S/C23H35NO5/c1-5-8-9-18(10-16-22(25)28-6-2)21(15-17-23(26)29-7-3)24-19-11-13-20(27-4)14-12-19/h10-14,16,18,21,24H,5-9,15,17H2,1-4H3/b16-10+/t18-,21+/m0/s1. The summed E-state index contributed by atoms with van der Waals surface area (Å²) in [5.41, 5.74) is 0.936. The van der Waals surface area contributed by atoms with Gasteiger partial charge in [0, 0.05) is 24.2 Å². The van der Waals surface area contributed by atoms with Crippen LogP contribution in [-0.4, -0.2) is 38.3 Å². The number of carbonyl (C=O) groups is 2. The minimum atomic E-state index is -0.345. The van der Waals surface area contributed by atoms with Gasteiger partial charge in [0.25, 0.3) is 0 Å². The summed E-state index contributed by atoms with van der Waals surface area (Å²) in [7, 11) is 1.63. The number of ether oxygens (including phenoxy) is 3. The van der Waals surface area contributed by atoms with Crippen molar-refractivity contribution < 1.29 is 23.8 Å². The summed E-state index contributed by atoms with van der Waals surface area (Å²) in [5, 5.41) is 3.53. The maximum atomic E-state index is 11.9. The highest BCUT2D eigenvalue weighted by molar-refractivity contribution is 5.81. The van der Waals surface area contributed by atoms with Gasteiger partial charge < -0.3 is 19.5 Å². The molecule has 0 radical (unpaired) electrons. The van der Waals surface area contributed by atoms with Crippen LogP contribution in [0.1, 0.15) is 52.9 Å². The van der Waals surface area contributed by atoms with Crippen LogP contribution in [0.4, 0.5) is 5.69 Å². The second-order valence-electron chi connectivity index (χ2n) is 6.74. The van der Waals surface area contributed by atoms with E-state index >= 15 is 0 Å². The van der Waals surface area contributed by atoms with E-state index in [0.29, 0.717) is 26.1 Å². The molecule has 0 spiro atoms. The van der Waals surface area contributed by atoms with E-state index in [0.717, 1.165) is 30.7 Å². The fourth-order valence-electron chi connectivity index (χ4n) is 3.07. The third kappa shape index (κ3) is 10.0. The lowest BCUT2D eigenvalue weighted by Gasteiger charge is -2.27. The molecule has 6 heteroatoms. The molecule has 0 heterocycles. The Morgan fingerprint density at radius 2 is 1.72 bits per heavy atom. The molecule has 0 fully saturated rings. The average molecular weight is 406 g/mol. The Morgan fingerprint density at radius 1 is 1.03 bits per heavy atom. The fourth-order valence-corrected chi connectivity index (χ4v) is 3.07. The van der Waals surface area contributed by atoms with E-state index in [9.17, 15) is 9.59 Å². The van der Waals surface area contributed by atoms with Crippen molar-refractivity contribution in [3.8, 4) is 5.75 Å². The fraction of sp³-hybridized carbons (Fsp3) is 0.565. The van der Waals surface area contributed by atoms with Gasteiger partial charge in [0.05, 0.1) is 20.3 Å². The van der Waals surface area contributed by atoms with Crippen molar-refractivity contribution >= 4 is 17.6 Å². The molecular formula is C23H35NO5. The quantitative estimate of drug-likeness (QED) is 0.356. The van der Waals surface area contributed by atoms with E-state index in [1.807, 2.05) is 30.3 Å². The van der Waals surface area contributed by atoms with Crippen molar-refractivity contribution in [2.24, 2.45) is 5.92 Å². The zero-order chi connectivity index (χ0) is 21.5. The van der Waals surface area contributed by atoms with Crippen LogP contribution in [0.3, 0.4) is 0 Å². The maximum absolute atomic E-state index is 11.9. The summed E-state index contributed by atoms with van der Waals surface area (Å²) < 4.78 is 15.3. The van der Waals surface area contributed by atoms with Crippen LogP contribution in [0.15, 0.2) is 36.4 Å². The van der Waals surface area contributed by atoms with Crippen molar-refractivity contribution in [2.75, 3.05) is 25.6 Å². The highest BCUT2D eigenvalue weighted by Crippen LogP contribution is 2.24. The molecule has 0 saturated heterocycles. The number of hydrogen-bond donors (Lipinski definition) is 1. The molecule has 0 saturated carbocycles. The van der Waals surface area contributed by atoms with E-state index < -0.39 is 0 Å². The van der Waals surface area contributed by atoms with Gasteiger partial charge in [-0.1, -0.05) is 25.8 Å². The van der Waals surface area contributed by atoms with Crippen LogP contribution in [0.25, 0.3) is 0 Å². The Bertz CT molecular complexity index is 627. The molecule has 0 aliphatic rings. The van der Waals surface area contributed by atoms with Crippen molar-refractivity contribution in [1.82, 2.24) is 0 Å². The van der Waals surface area contributed by atoms with E-state index in [1.165, 1.54) is 6.08 Å². The number of anilines is 1. The first-order valence-corrected chi connectivity index (χ1v) is 10.4. The zero-order valence-corrected chi connectivity index (χ0v) is 18.1. The molecular weight excluding hydrogens is 370 g/mol. The molecule has 1 rings (SSSR count). The number of benzene rings is 1. The minimum absolute atomic E-state index is 0.0231. The number of nitrogens with one attached hydrogen (secondary N) is 1. The smallest absolute Gasteiger partial charge is 0.330 e. The lowest BCUT2D eigenvalue weighted by molar-refractivity contribution is -0.143. The van der Waals surface area contributed by atoms with Gasteiger partial charge in [0.2, 0.25) is 0 Å². The molecule has 0 bridgehead atoms.